The molecule has 0 rings (SSSR count). The first-order chi connectivity index (χ1) is 6.68. The lowest BCUT2D eigenvalue weighted by Crippen LogP contribution is -2.36. The second-order valence-electron chi connectivity index (χ2n) is 2.33. The summed E-state index contributed by atoms with van der Waals surface area (Å²) < 4.78 is 0. The Labute approximate surface area is 83.8 Å². The van der Waals surface area contributed by atoms with Gasteiger partial charge in [-0.05, 0) is 20.8 Å². The first-order valence-electron chi connectivity index (χ1n) is 4.60. The average molecular weight is 210 g/mol. The fourth-order valence-electron chi connectivity index (χ4n) is 0.540. The van der Waals surface area contributed by atoms with Crippen LogP contribution in [0.15, 0.2) is 0 Å². The van der Waals surface area contributed by atoms with Gasteiger partial charge in [0.1, 0.15) is 0 Å². The van der Waals surface area contributed by atoms with Crippen molar-refractivity contribution in [1.29, 1.82) is 0 Å². The summed E-state index contributed by atoms with van der Waals surface area (Å²) in [5, 5.41) is 0. The van der Waals surface area contributed by atoms with Crippen LogP contribution in [0.25, 0.3) is 0 Å². The van der Waals surface area contributed by atoms with E-state index in [9.17, 15) is 0 Å². The summed E-state index contributed by atoms with van der Waals surface area (Å²) in [6, 6.07) is 0. The minimum Gasteiger partial charge on any atom is -0.232 e. The second kappa shape index (κ2) is 8.10. The molecular formula is C8H18O6. The monoisotopic (exact) mass is 210 g/mol. The quantitative estimate of drug-likeness (QED) is 0.327. The third-order valence-corrected chi connectivity index (χ3v) is 0.984. The van der Waals surface area contributed by atoms with Crippen molar-refractivity contribution in [2.75, 3.05) is 19.8 Å². The molecule has 0 aliphatic rings. The molecule has 14 heavy (non-hydrogen) atoms. The lowest BCUT2D eigenvalue weighted by molar-refractivity contribution is -0.624. The molecule has 0 bridgehead atoms. The van der Waals surface area contributed by atoms with Crippen molar-refractivity contribution in [3.05, 3.63) is 0 Å². The largest absolute Gasteiger partial charge is 0.362 e. The zero-order chi connectivity index (χ0) is 10.9. The van der Waals surface area contributed by atoms with Crippen molar-refractivity contribution < 1.29 is 29.3 Å². The van der Waals surface area contributed by atoms with Crippen molar-refractivity contribution >= 4 is 0 Å². The summed E-state index contributed by atoms with van der Waals surface area (Å²) in [5.74, 6) is -1.51. The van der Waals surface area contributed by atoms with Gasteiger partial charge in [-0.25, -0.2) is 14.7 Å². The van der Waals surface area contributed by atoms with Gasteiger partial charge in [0, 0.05) is 6.92 Å². The van der Waals surface area contributed by atoms with Crippen LogP contribution in [0, 0.1) is 0 Å². The second-order valence-corrected chi connectivity index (χ2v) is 2.33. The molecule has 0 unspecified atom stereocenters. The van der Waals surface area contributed by atoms with Crippen molar-refractivity contribution in [2.45, 2.75) is 33.7 Å². The highest BCUT2D eigenvalue weighted by Crippen LogP contribution is 2.15. The standard InChI is InChI=1S/C8H18O6/c1-5-9-12-8(4,13-10-6-2)14-11-7-3/h5-7H2,1-4H3. The van der Waals surface area contributed by atoms with Gasteiger partial charge < -0.3 is 0 Å². The van der Waals surface area contributed by atoms with Crippen molar-refractivity contribution in [3.8, 4) is 0 Å². The van der Waals surface area contributed by atoms with Gasteiger partial charge in [-0.1, -0.05) is 0 Å². The summed E-state index contributed by atoms with van der Waals surface area (Å²) in [5.41, 5.74) is 0. The SMILES string of the molecule is CCOOC(C)(OOCC)OOCC. The van der Waals surface area contributed by atoms with E-state index in [0.29, 0.717) is 19.8 Å². The highest BCUT2D eigenvalue weighted by Gasteiger charge is 2.32. The molecule has 0 aromatic heterocycles. The molecule has 0 aromatic carbocycles. The van der Waals surface area contributed by atoms with Gasteiger partial charge in [0.2, 0.25) is 0 Å². The maximum atomic E-state index is 4.79. The average Bonchev–Trinajstić information content (AvgIpc) is 2.21. The lowest BCUT2D eigenvalue weighted by Gasteiger charge is -2.24. The van der Waals surface area contributed by atoms with E-state index in [2.05, 4.69) is 14.7 Å². The molecule has 0 aliphatic heterocycles. The van der Waals surface area contributed by atoms with Gasteiger partial charge in [-0.3, -0.25) is 0 Å². The Balaban J connectivity index is 3.89. The third-order valence-electron chi connectivity index (χ3n) is 0.984. The smallest absolute Gasteiger partial charge is 0.232 e. The van der Waals surface area contributed by atoms with Crippen LogP contribution in [-0.4, -0.2) is 25.8 Å². The van der Waals surface area contributed by atoms with E-state index in [-0.39, 0.29) is 0 Å². The molecule has 6 heteroatoms. The van der Waals surface area contributed by atoms with E-state index in [1.54, 1.807) is 20.8 Å². The molecule has 0 atom stereocenters. The van der Waals surface area contributed by atoms with Gasteiger partial charge in [0.15, 0.2) is 0 Å². The Morgan fingerprint density at radius 3 is 1.21 bits per heavy atom. The van der Waals surface area contributed by atoms with Gasteiger partial charge in [-0.2, -0.15) is 14.7 Å². The minimum absolute atomic E-state index is 0.362. The van der Waals surface area contributed by atoms with Crippen LogP contribution in [0.2, 0.25) is 0 Å². The topological polar surface area (TPSA) is 55.4 Å². The number of hydrogen-bond acceptors (Lipinski definition) is 6. The molecule has 0 aromatic rings. The molecule has 86 valence electrons. The van der Waals surface area contributed by atoms with Crippen LogP contribution in [0.1, 0.15) is 27.7 Å². The fraction of sp³-hybridized carbons (Fsp3) is 1.00. The molecule has 0 aliphatic carbocycles. The van der Waals surface area contributed by atoms with Gasteiger partial charge in [-0.15, -0.1) is 0 Å². The van der Waals surface area contributed by atoms with Crippen LogP contribution in [0.5, 0.6) is 0 Å². The summed E-state index contributed by atoms with van der Waals surface area (Å²) in [7, 11) is 0. The van der Waals surface area contributed by atoms with E-state index in [1.165, 1.54) is 6.92 Å². The van der Waals surface area contributed by atoms with Crippen LogP contribution >= 0.6 is 0 Å². The Morgan fingerprint density at radius 2 is 1.00 bits per heavy atom. The van der Waals surface area contributed by atoms with E-state index in [4.69, 9.17) is 14.7 Å². The minimum atomic E-state index is -1.51. The molecule has 0 heterocycles. The summed E-state index contributed by atoms with van der Waals surface area (Å²) >= 11 is 0. The predicted octanol–water partition coefficient (Wildman–Crippen LogP) is 1.56. The highest BCUT2D eigenvalue weighted by atomic mass is 17.4. The zero-order valence-corrected chi connectivity index (χ0v) is 9.07. The molecule has 0 saturated heterocycles. The molecule has 0 fully saturated rings. The van der Waals surface area contributed by atoms with Crippen LogP contribution in [0.4, 0.5) is 0 Å². The van der Waals surface area contributed by atoms with Crippen molar-refractivity contribution in [1.82, 2.24) is 0 Å². The van der Waals surface area contributed by atoms with Crippen LogP contribution in [0.3, 0.4) is 0 Å². The zero-order valence-electron chi connectivity index (χ0n) is 9.07. The molecular weight excluding hydrogens is 192 g/mol. The third kappa shape index (κ3) is 6.25. The van der Waals surface area contributed by atoms with Crippen LogP contribution in [-0.2, 0) is 29.3 Å². The maximum absolute atomic E-state index is 4.79. The van der Waals surface area contributed by atoms with E-state index >= 15 is 0 Å². The van der Waals surface area contributed by atoms with E-state index in [0.717, 1.165) is 0 Å². The highest BCUT2D eigenvalue weighted by molar-refractivity contribution is 4.34. The van der Waals surface area contributed by atoms with E-state index in [1.807, 2.05) is 0 Å². The maximum Gasteiger partial charge on any atom is 0.362 e. The van der Waals surface area contributed by atoms with Gasteiger partial charge in [0.05, 0.1) is 19.8 Å². The lowest BCUT2D eigenvalue weighted by atomic mass is 10.7. The molecule has 0 N–H and O–H groups in total. The molecule has 0 saturated carbocycles. The van der Waals surface area contributed by atoms with Gasteiger partial charge in [0.25, 0.3) is 0 Å². The van der Waals surface area contributed by atoms with Crippen molar-refractivity contribution in [2.24, 2.45) is 0 Å². The Morgan fingerprint density at radius 1 is 0.714 bits per heavy atom. The molecule has 0 radical (unpaired) electrons. The number of rotatable bonds is 9. The van der Waals surface area contributed by atoms with Gasteiger partial charge >= 0.3 is 5.97 Å². The summed E-state index contributed by atoms with van der Waals surface area (Å²) in [4.78, 5) is 28.4. The summed E-state index contributed by atoms with van der Waals surface area (Å²) in [6.45, 7) is 7.85. The Hall–Kier alpha value is -0.240. The summed E-state index contributed by atoms with van der Waals surface area (Å²) in [6.07, 6.45) is 0. The molecule has 6 nitrogen and oxygen atoms in total. The van der Waals surface area contributed by atoms with Crippen LogP contribution < -0.4 is 0 Å². The Kier molecular flexibility index (Phi) is 7.96. The normalized spacial score (nSPS) is 12.0. The first kappa shape index (κ1) is 13.8. The first-order valence-corrected chi connectivity index (χ1v) is 4.60. The predicted molar refractivity (Wildman–Crippen MR) is 46.5 cm³/mol. The fourth-order valence-corrected chi connectivity index (χ4v) is 0.540. The Bertz CT molecular complexity index is 107. The van der Waals surface area contributed by atoms with E-state index < -0.39 is 5.97 Å². The van der Waals surface area contributed by atoms with Crippen molar-refractivity contribution in [3.63, 3.8) is 0 Å². The number of hydrogen-bond donors (Lipinski definition) is 0. The molecule has 0 amide bonds. The molecule has 0 spiro atoms.